The number of nitrogens with two attached hydrogens (primary N) is 1. The minimum absolute atomic E-state index is 0.512. The number of anilines is 1. The average Bonchev–Trinajstić information content (AvgIpc) is 2.74. The SMILES string of the molecule is Cc1cc(C)cc(C2CCc3nc(N)sc32)c1. The Kier molecular flexibility index (Phi) is 2.44. The first-order chi connectivity index (χ1) is 8.13. The summed E-state index contributed by atoms with van der Waals surface area (Å²) in [6.07, 6.45) is 2.25. The minimum Gasteiger partial charge on any atom is -0.375 e. The van der Waals surface area contributed by atoms with Crippen molar-refractivity contribution in [2.75, 3.05) is 5.73 Å². The second-order valence-electron chi connectivity index (χ2n) is 4.88. The first-order valence-corrected chi connectivity index (χ1v) is 6.78. The van der Waals surface area contributed by atoms with E-state index in [4.69, 9.17) is 5.73 Å². The molecule has 0 fully saturated rings. The van der Waals surface area contributed by atoms with Crippen molar-refractivity contribution < 1.29 is 0 Å². The van der Waals surface area contributed by atoms with Crippen LogP contribution in [0.25, 0.3) is 0 Å². The lowest BCUT2D eigenvalue weighted by atomic mass is 9.95. The average molecular weight is 244 g/mol. The van der Waals surface area contributed by atoms with E-state index in [0.717, 1.165) is 6.42 Å². The molecule has 1 aromatic carbocycles. The summed E-state index contributed by atoms with van der Waals surface area (Å²) in [6.45, 7) is 4.32. The van der Waals surface area contributed by atoms with Gasteiger partial charge in [0.05, 0.1) is 5.69 Å². The van der Waals surface area contributed by atoms with Crippen molar-refractivity contribution in [3.63, 3.8) is 0 Å². The highest BCUT2D eigenvalue weighted by atomic mass is 32.1. The third-order valence-corrected chi connectivity index (χ3v) is 4.42. The van der Waals surface area contributed by atoms with Crippen molar-refractivity contribution in [1.82, 2.24) is 4.98 Å². The molecule has 3 heteroatoms. The van der Waals surface area contributed by atoms with E-state index in [1.165, 1.54) is 33.7 Å². The van der Waals surface area contributed by atoms with E-state index < -0.39 is 0 Å². The Labute approximate surface area is 106 Å². The third-order valence-electron chi connectivity index (χ3n) is 3.38. The Morgan fingerprint density at radius 3 is 2.65 bits per heavy atom. The van der Waals surface area contributed by atoms with E-state index in [2.05, 4.69) is 37.0 Å². The number of nitrogens with zero attached hydrogens (tertiary/aromatic N) is 1. The molecule has 0 saturated carbocycles. The van der Waals surface area contributed by atoms with Crippen LogP contribution in [-0.2, 0) is 6.42 Å². The molecule has 3 rings (SSSR count). The van der Waals surface area contributed by atoms with Crippen molar-refractivity contribution in [1.29, 1.82) is 0 Å². The topological polar surface area (TPSA) is 38.9 Å². The van der Waals surface area contributed by atoms with Gasteiger partial charge in [0.2, 0.25) is 0 Å². The van der Waals surface area contributed by atoms with Crippen LogP contribution >= 0.6 is 11.3 Å². The van der Waals surface area contributed by atoms with Gasteiger partial charge in [0.25, 0.3) is 0 Å². The van der Waals surface area contributed by atoms with Crippen molar-refractivity contribution >= 4 is 16.5 Å². The molecule has 17 heavy (non-hydrogen) atoms. The van der Waals surface area contributed by atoms with E-state index in [1.54, 1.807) is 11.3 Å². The van der Waals surface area contributed by atoms with Gasteiger partial charge in [-0.25, -0.2) is 4.98 Å². The van der Waals surface area contributed by atoms with Crippen LogP contribution < -0.4 is 5.73 Å². The smallest absolute Gasteiger partial charge is 0.180 e. The van der Waals surface area contributed by atoms with Crippen LogP contribution in [0.1, 0.15) is 39.6 Å². The summed E-state index contributed by atoms with van der Waals surface area (Å²) in [6, 6.07) is 6.81. The van der Waals surface area contributed by atoms with Gasteiger partial charge in [-0.3, -0.25) is 0 Å². The quantitative estimate of drug-likeness (QED) is 0.834. The van der Waals surface area contributed by atoms with Crippen LogP contribution in [0.5, 0.6) is 0 Å². The molecular formula is C14H16N2S. The van der Waals surface area contributed by atoms with Gasteiger partial charge in [-0.2, -0.15) is 0 Å². The van der Waals surface area contributed by atoms with E-state index >= 15 is 0 Å². The molecule has 0 aliphatic heterocycles. The first kappa shape index (κ1) is 10.8. The number of thiazole rings is 1. The number of aromatic nitrogens is 1. The zero-order valence-corrected chi connectivity index (χ0v) is 11.0. The molecule has 1 heterocycles. The molecular weight excluding hydrogens is 228 g/mol. The van der Waals surface area contributed by atoms with Crippen molar-refractivity contribution in [2.24, 2.45) is 0 Å². The summed E-state index contributed by atoms with van der Waals surface area (Å²) in [5.74, 6) is 0.512. The summed E-state index contributed by atoms with van der Waals surface area (Å²) in [4.78, 5) is 5.79. The van der Waals surface area contributed by atoms with Crippen LogP contribution in [0.15, 0.2) is 18.2 Å². The standard InChI is InChI=1S/C14H16N2S/c1-8-5-9(2)7-10(6-8)11-3-4-12-13(11)17-14(15)16-12/h5-7,11H,3-4H2,1-2H3,(H2,15,16). The summed E-state index contributed by atoms with van der Waals surface area (Å²) in [5, 5.41) is 0.712. The van der Waals surface area contributed by atoms with Crippen molar-refractivity contribution in [3.8, 4) is 0 Å². The van der Waals surface area contributed by atoms with Gasteiger partial charge < -0.3 is 5.73 Å². The van der Waals surface area contributed by atoms with Crippen LogP contribution in [0.3, 0.4) is 0 Å². The van der Waals surface area contributed by atoms with E-state index in [0.29, 0.717) is 11.0 Å². The first-order valence-electron chi connectivity index (χ1n) is 5.97. The molecule has 2 N–H and O–H groups in total. The fraction of sp³-hybridized carbons (Fsp3) is 0.357. The van der Waals surface area contributed by atoms with E-state index in [-0.39, 0.29) is 0 Å². The lowest BCUT2D eigenvalue weighted by Crippen LogP contribution is -1.96. The van der Waals surface area contributed by atoms with Crippen LogP contribution in [0, 0.1) is 13.8 Å². The normalized spacial score (nSPS) is 18.4. The fourth-order valence-corrected chi connectivity index (χ4v) is 3.82. The summed E-state index contributed by atoms with van der Waals surface area (Å²) >= 11 is 1.66. The highest BCUT2D eigenvalue weighted by Gasteiger charge is 2.27. The maximum atomic E-state index is 5.80. The predicted molar refractivity (Wildman–Crippen MR) is 72.6 cm³/mol. The van der Waals surface area contributed by atoms with Gasteiger partial charge >= 0.3 is 0 Å². The Morgan fingerprint density at radius 2 is 1.94 bits per heavy atom. The summed E-state index contributed by atoms with van der Waals surface area (Å²) in [5.41, 5.74) is 11.1. The Hall–Kier alpha value is -1.35. The van der Waals surface area contributed by atoms with Crippen molar-refractivity contribution in [2.45, 2.75) is 32.6 Å². The number of hydrogen-bond acceptors (Lipinski definition) is 3. The maximum absolute atomic E-state index is 5.80. The van der Waals surface area contributed by atoms with Gasteiger partial charge in [-0.15, -0.1) is 11.3 Å². The molecule has 0 bridgehead atoms. The summed E-state index contributed by atoms with van der Waals surface area (Å²) < 4.78 is 0. The molecule has 1 atom stereocenters. The Bertz CT molecular complexity index is 551. The van der Waals surface area contributed by atoms with Crippen molar-refractivity contribution in [3.05, 3.63) is 45.5 Å². The molecule has 0 saturated heterocycles. The molecule has 88 valence electrons. The van der Waals surface area contributed by atoms with E-state index in [1.807, 2.05) is 0 Å². The van der Waals surface area contributed by atoms with Gasteiger partial charge in [-0.1, -0.05) is 29.3 Å². The largest absolute Gasteiger partial charge is 0.375 e. The number of fused-ring (bicyclic) bond motifs is 1. The molecule has 1 aliphatic rings. The molecule has 1 aliphatic carbocycles. The lowest BCUT2D eigenvalue weighted by molar-refractivity contribution is 0.789. The predicted octanol–water partition coefficient (Wildman–Crippen LogP) is 3.42. The highest BCUT2D eigenvalue weighted by molar-refractivity contribution is 7.15. The minimum atomic E-state index is 0.512. The molecule has 0 amide bonds. The number of benzene rings is 1. The van der Waals surface area contributed by atoms with Crippen LogP contribution in [-0.4, -0.2) is 4.98 Å². The van der Waals surface area contributed by atoms with Gasteiger partial charge in [0.15, 0.2) is 5.13 Å². The van der Waals surface area contributed by atoms with E-state index in [9.17, 15) is 0 Å². The number of hydrogen-bond donors (Lipinski definition) is 1. The number of aryl methyl sites for hydroxylation is 3. The maximum Gasteiger partial charge on any atom is 0.180 e. The monoisotopic (exact) mass is 244 g/mol. The molecule has 1 aromatic heterocycles. The zero-order valence-electron chi connectivity index (χ0n) is 10.2. The van der Waals surface area contributed by atoms with Gasteiger partial charge in [-0.05, 0) is 32.3 Å². The van der Waals surface area contributed by atoms with Crippen LogP contribution in [0.4, 0.5) is 5.13 Å². The molecule has 1 unspecified atom stereocenters. The van der Waals surface area contributed by atoms with Gasteiger partial charge in [0, 0.05) is 10.8 Å². The molecule has 2 nitrogen and oxygen atoms in total. The van der Waals surface area contributed by atoms with Gasteiger partial charge in [0.1, 0.15) is 0 Å². The van der Waals surface area contributed by atoms with Crippen LogP contribution in [0.2, 0.25) is 0 Å². The Morgan fingerprint density at radius 1 is 1.24 bits per heavy atom. The molecule has 2 aromatic rings. The number of rotatable bonds is 1. The molecule has 0 spiro atoms. The second kappa shape index (κ2) is 3.84. The zero-order chi connectivity index (χ0) is 12.0. The second-order valence-corrected chi connectivity index (χ2v) is 5.94. The Balaban J connectivity index is 2.05. The third kappa shape index (κ3) is 1.84. The summed E-state index contributed by atoms with van der Waals surface area (Å²) in [7, 11) is 0. The lowest BCUT2D eigenvalue weighted by Gasteiger charge is -2.12. The highest BCUT2D eigenvalue weighted by Crippen LogP contribution is 2.42. The fourth-order valence-electron chi connectivity index (χ4n) is 2.78. The molecule has 0 radical (unpaired) electrons. The number of nitrogen functional groups attached to an aromatic ring is 1.